The molecule has 2 aromatic heterocycles. The molecule has 0 amide bonds. The summed E-state index contributed by atoms with van der Waals surface area (Å²) in [6.45, 7) is 1.50. The van der Waals surface area contributed by atoms with E-state index in [1.165, 1.54) is 5.56 Å². The van der Waals surface area contributed by atoms with Crippen molar-refractivity contribution in [3.63, 3.8) is 0 Å². The second-order valence-electron chi connectivity index (χ2n) is 6.38. The number of para-hydroxylation sites is 1. The number of pyridine rings is 1. The number of imidazole rings is 1. The molecule has 0 radical (unpaired) electrons. The van der Waals surface area contributed by atoms with Gasteiger partial charge in [-0.15, -0.1) is 24.0 Å². The molecule has 2 N–H and O–H groups in total. The number of guanidine groups is 1. The van der Waals surface area contributed by atoms with Crippen molar-refractivity contribution >= 4 is 35.6 Å². The maximum Gasteiger partial charge on any atom is 0.191 e. The van der Waals surface area contributed by atoms with E-state index in [4.69, 9.17) is 4.74 Å². The van der Waals surface area contributed by atoms with Crippen LogP contribution in [0.4, 0.5) is 0 Å². The molecule has 0 bridgehead atoms. The van der Waals surface area contributed by atoms with Gasteiger partial charge in [-0.1, -0.05) is 24.3 Å². The molecule has 3 aromatic rings. The molecular formula is C20H24IN5O. The number of benzene rings is 1. The Kier molecular flexibility index (Phi) is 6.54. The molecule has 0 aliphatic carbocycles. The fourth-order valence-electron chi connectivity index (χ4n) is 3.22. The monoisotopic (exact) mass is 477 g/mol. The standard InChI is InChI=1S/C20H23N5O.HI/c1-21-20(23-13-17-12-15-6-2-3-7-18(15)26-17)22-10-9-16-14-25-11-5-4-8-19(25)24-16;/h2-8,11,14,17H,9-10,12-13H2,1H3,(H2,21,22,23);1H. The van der Waals surface area contributed by atoms with E-state index in [0.717, 1.165) is 49.0 Å². The first kappa shape index (κ1) is 19.5. The van der Waals surface area contributed by atoms with Crippen LogP contribution in [0.25, 0.3) is 5.65 Å². The van der Waals surface area contributed by atoms with Crippen molar-refractivity contribution in [2.45, 2.75) is 18.9 Å². The molecule has 0 spiro atoms. The van der Waals surface area contributed by atoms with E-state index in [1.54, 1.807) is 7.05 Å². The summed E-state index contributed by atoms with van der Waals surface area (Å²) in [6, 6.07) is 14.2. The van der Waals surface area contributed by atoms with E-state index in [1.807, 2.05) is 40.9 Å². The maximum atomic E-state index is 5.95. The summed E-state index contributed by atoms with van der Waals surface area (Å²) in [7, 11) is 1.78. The van der Waals surface area contributed by atoms with Crippen LogP contribution in [0.2, 0.25) is 0 Å². The van der Waals surface area contributed by atoms with Gasteiger partial charge in [0.2, 0.25) is 0 Å². The molecule has 0 saturated heterocycles. The molecule has 3 heterocycles. The average molecular weight is 477 g/mol. The zero-order valence-electron chi connectivity index (χ0n) is 15.3. The Hall–Kier alpha value is -2.29. The van der Waals surface area contributed by atoms with Crippen molar-refractivity contribution in [1.29, 1.82) is 0 Å². The maximum absolute atomic E-state index is 5.95. The van der Waals surface area contributed by atoms with Gasteiger partial charge in [0.15, 0.2) is 5.96 Å². The number of aromatic nitrogens is 2. The van der Waals surface area contributed by atoms with Gasteiger partial charge in [0.05, 0.1) is 12.2 Å². The van der Waals surface area contributed by atoms with E-state index in [2.05, 4.69) is 38.9 Å². The number of fused-ring (bicyclic) bond motifs is 2. The number of hydrogen-bond donors (Lipinski definition) is 2. The van der Waals surface area contributed by atoms with Crippen molar-refractivity contribution in [2.75, 3.05) is 20.1 Å². The molecule has 1 atom stereocenters. The van der Waals surface area contributed by atoms with Crippen molar-refractivity contribution in [3.05, 3.63) is 66.1 Å². The van der Waals surface area contributed by atoms with Gasteiger partial charge < -0.3 is 19.8 Å². The van der Waals surface area contributed by atoms with Gasteiger partial charge >= 0.3 is 0 Å². The van der Waals surface area contributed by atoms with E-state index < -0.39 is 0 Å². The lowest BCUT2D eigenvalue weighted by molar-refractivity contribution is 0.235. The van der Waals surface area contributed by atoms with E-state index >= 15 is 0 Å². The average Bonchev–Trinajstić information content (AvgIpc) is 3.27. The largest absolute Gasteiger partial charge is 0.488 e. The van der Waals surface area contributed by atoms with Crippen LogP contribution in [0.5, 0.6) is 5.75 Å². The summed E-state index contributed by atoms with van der Waals surface area (Å²) in [4.78, 5) is 8.90. The van der Waals surface area contributed by atoms with Crippen LogP contribution in [-0.2, 0) is 12.8 Å². The molecule has 1 aliphatic rings. The molecule has 7 heteroatoms. The summed E-state index contributed by atoms with van der Waals surface area (Å²) >= 11 is 0. The quantitative estimate of drug-likeness (QED) is 0.337. The molecule has 142 valence electrons. The molecule has 0 fully saturated rings. The van der Waals surface area contributed by atoms with Crippen molar-refractivity contribution in [1.82, 2.24) is 20.0 Å². The number of nitrogens with one attached hydrogen (secondary N) is 2. The number of rotatable bonds is 5. The van der Waals surface area contributed by atoms with E-state index in [-0.39, 0.29) is 30.1 Å². The SMILES string of the molecule is CN=C(NCCc1cn2ccccc2n1)NCC1Cc2ccccc2O1.I. The van der Waals surface area contributed by atoms with Gasteiger partial charge in [-0.05, 0) is 23.8 Å². The van der Waals surface area contributed by atoms with Gasteiger partial charge in [-0.2, -0.15) is 0 Å². The van der Waals surface area contributed by atoms with Crippen LogP contribution >= 0.6 is 24.0 Å². The van der Waals surface area contributed by atoms with Crippen LogP contribution in [0, 0.1) is 0 Å². The number of hydrogen-bond acceptors (Lipinski definition) is 3. The molecule has 1 aromatic carbocycles. The topological polar surface area (TPSA) is 63.0 Å². The lowest BCUT2D eigenvalue weighted by Crippen LogP contribution is -2.42. The summed E-state index contributed by atoms with van der Waals surface area (Å²) in [6.07, 6.45) is 6.00. The number of nitrogens with zero attached hydrogens (tertiary/aromatic N) is 3. The van der Waals surface area contributed by atoms with Gasteiger partial charge in [-0.25, -0.2) is 4.98 Å². The van der Waals surface area contributed by atoms with Crippen molar-refractivity contribution in [2.24, 2.45) is 4.99 Å². The molecular weight excluding hydrogens is 453 g/mol. The Bertz CT molecular complexity index is 865. The fraction of sp³-hybridized carbons (Fsp3) is 0.300. The minimum Gasteiger partial charge on any atom is -0.488 e. The second kappa shape index (κ2) is 9.07. The molecule has 1 unspecified atom stereocenters. The highest BCUT2D eigenvalue weighted by Gasteiger charge is 2.22. The minimum atomic E-state index is 0. The predicted octanol–water partition coefficient (Wildman–Crippen LogP) is 2.66. The third-order valence-corrected chi connectivity index (χ3v) is 4.52. The molecule has 6 nitrogen and oxygen atoms in total. The second-order valence-corrected chi connectivity index (χ2v) is 6.38. The van der Waals surface area contributed by atoms with E-state index in [0.29, 0.717) is 0 Å². The van der Waals surface area contributed by atoms with Crippen LogP contribution in [0.1, 0.15) is 11.3 Å². The van der Waals surface area contributed by atoms with Crippen LogP contribution in [0.3, 0.4) is 0 Å². The molecule has 27 heavy (non-hydrogen) atoms. The van der Waals surface area contributed by atoms with Crippen LogP contribution in [0.15, 0.2) is 59.9 Å². The zero-order chi connectivity index (χ0) is 17.8. The van der Waals surface area contributed by atoms with Gasteiger partial charge in [0.1, 0.15) is 17.5 Å². The summed E-state index contributed by atoms with van der Waals surface area (Å²) in [5.74, 6) is 1.78. The number of ether oxygens (including phenoxy) is 1. The molecule has 1 aliphatic heterocycles. The Morgan fingerprint density at radius 2 is 2.07 bits per heavy atom. The van der Waals surface area contributed by atoms with E-state index in [9.17, 15) is 0 Å². The lowest BCUT2D eigenvalue weighted by Gasteiger charge is -2.15. The highest BCUT2D eigenvalue weighted by molar-refractivity contribution is 14.0. The summed E-state index contributed by atoms with van der Waals surface area (Å²) in [5.41, 5.74) is 3.31. The Morgan fingerprint density at radius 3 is 2.89 bits per heavy atom. The predicted molar refractivity (Wildman–Crippen MR) is 118 cm³/mol. The Labute approximate surface area is 176 Å². The van der Waals surface area contributed by atoms with Gasteiger partial charge in [0, 0.05) is 38.8 Å². The Morgan fingerprint density at radius 1 is 1.22 bits per heavy atom. The highest BCUT2D eigenvalue weighted by Crippen LogP contribution is 2.27. The van der Waals surface area contributed by atoms with Crippen LogP contribution < -0.4 is 15.4 Å². The lowest BCUT2D eigenvalue weighted by atomic mass is 10.1. The third-order valence-electron chi connectivity index (χ3n) is 4.52. The van der Waals surface area contributed by atoms with Gasteiger partial charge in [-0.3, -0.25) is 4.99 Å². The first-order valence-corrected chi connectivity index (χ1v) is 8.93. The third kappa shape index (κ3) is 4.71. The first-order chi connectivity index (χ1) is 12.8. The van der Waals surface area contributed by atoms with Crippen molar-refractivity contribution < 1.29 is 4.74 Å². The molecule has 0 saturated carbocycles. The zero-order valence-corrected chi connectivity index (χ0v) is 17.6. The minimum absolute atomic E-state index is 0. The number of aliphatic imine (C=N–C) groups is 1. The highest BCUT2D eigenvalue weighted by atomic mass is 127. The van der Waals surface area contributed by atoms with Crippen molar-refractivity contribution in [3.8, 4) is 5.75 Å². The van der Waals surface area contributed by atoms with Gasteiger partial charge in [0.25, 0.3) is 0 Å². The molecule has 4 rings (SSSR count). The summed E-state index contributed by atoms with van der Waals surface area (Å²) in [5, 5.41) is 6.69. The normalized spacial score (nSPS) is 15.7. The first-order valence-electron chi connectivity index (χ1n) is 8.93. The summed E-state index contributed by atoms with van der Waals surface area (Å²) < 4.78 is 7.99. The number of halogens is 1. The van der Waals surface area contributed by atoms with Crippen LogP contribution in [-0.4, -0.2) is 41.6 Å². The fourth-order valence-corrected chi connectivity index (χ4v) is 3.22. The smallest absolute Gasteiger partial charge is 0.191 e. The Balaban J connectivity index is 0.00000210.